The number of carbonyl (C=O) groups is 1. The lowest BCUT2D eigenvalue weighted by Crippen LogP contribution is -2.61. The number of aromatic nitrogens is 1. The van der Waals surface area contributed by atoms with Crippen LogP contribution in [0.15, 0.2) is 10.6 Å². The number of hydrogen-bond acceptors (Lipinski definition) is 4. The van der Waals surface area contributed by atoms with Gasteiger partial charge in [-0.15, -0.1) is 0 Å². The van der Waals surface area contributed by atoms with Crippen molar-refractivity contribution in [3.63, 3.8) is 0 Å². The van der Waals surface area contributed by atoms with Gasteiger partial charge < -0.3 is 14.6 Å². The van der Waals surface area contributed by atoms with E-state index in [4.69, 9.17) is 9.26 Å². The molecule has 3 rings (SSSR count). The number of aryl methyl sites for hydroxylation is 1. The van der Waals surface area contributed by atoms with Crippen LogP contribution in [0.1, 0.15) is 31.2 Å². The molecule has 4 atom stereocenters. The highest BCUT2D eigenvalue weighted by molar-refractivity contribution is 5.78. The van der Waals surface area contributed by atoms with Crippen molar-refractivity contribution in [2.24, 2.45) is 11.8 Å². The minimum atomic E-state index is 0.0185. The second kappa shape index (κ2) is 4.96. The molecule has 104 valence electrons. The minimum Gasteiger partial charge on any atom is -0.377 e. The molecule has 2 aliphatic rings. The lowest BCUT2D eigenvalue weighted by atomic mass is 9.65. The number of nitrogens with one attached hydrogen (secondary N) is 1. The van der Waals surface area contributed by atoms with Crippen LogP contribution in [0.4, 0.5) is 0 Å². The summed E-state index contributed by atoms with van der Waals surface area (Å²) in [6, 6.07) is 2.08. The van der Waals surface area contributed by atoms with E-state index in [0.717, 1.165) is 25.1 Å². The maximum Gasteiger partial charge on any atom is 0.227 e. The summed E-state index contributed by atoms with van der Waals surface area (Å²) in [6.07, 6.45) is 2.75. The summed E-state index contributed by atoms with van der Waals surface area (Å²) in [5.74, 6) is 1.62. The Balaban J connectivity index is 1.57. The number of nitrogens with zero attached hydrogens (tertiary/aromatic N) is 1. The summed E-state index contributed by atoms with van der Waals surface area (Å²) in [7, 11) is 0. The Hall–Kier alpha value is -1.36. The summed E-state index contributed by atoms with van der Waals surface area (Å²) < 4.78 is 10.8. The van der Waals surface area contributed by atoms with Crippen LogP contribution in [-0.4, -0.2) is 29.8 Å². The highest BCUT2D eigenvalue weighted by atomic mass is 16.5. The standard InChI is InChI=1S/C14H20N2O3/c1-3-10-13(11-4-5-18-14(10)11)15-12(17)7-9-6-8(2)16-19-9/h6,10-11,13-14H,3-5,7H2,1-2H3,(H,15,17)/t10-,11+,13-,14-/m0/s1. The van der Waals surface area contributed by atoms with Gasteiger partial charge in [-0.05, 0) is 19.8 Å². The third-order valence-corrected chi connectivity index (χ3v) is 4.34. The molecule has 19 heavy (non-hydrogen) atoms. The normalized spacial score (nSPS) is 32.7. The van der Waals surface area contributed by atoms with Crippen LogP contribution in [0.3, 0.4) is 0 Å². The van der Waals surface area contributed by atoms with Gasteiger partial charge in [0.05, 0.1) is 18.2 Å². The van der Waals surface area contributed by atoms with Crippen LogP contribution in [-0.2, 0) is 16.0 Å². The Morgan fingerprint density at radius 3 is 3.11 bits per heavy atom. The lowest BCUT2D eigenvalue weighted by Gasteiger charge is -2.47. The number of hydrogen-bond donors (Lipinski definition) is 1. The molecule has 1 aromatic rings. The molecular formula is C14H20N2O3. The van der Waals surface area contributed by atoms with Crippen molar-refractivity contribution >= 4 is 5.91 Å². The Bertz CT molecular complexity index is 471. The molecule has 1 amide bonds. The zero-order valence-corrected chi connectivity index (χ0v) is 11.4. The van der Waals surface area contributed by atoms with Crippen molar-refractivity contribution in [2.75, 3.05) is 6.61 Å². The first-order chi connectivity index (χ1) is 9.19. The van der Waals surface area contributed by atoms with Gasteiger partial charge in [-0.1, -0.05) is 12.1 Å². The molecule has 5 nitrogen and oxygen atoms in total. The van der Waals surface area contributed by atoms with Crippen molar-refractivity contribution in [3.8, 4) is 0 Å². The number of carbonyl (C=O) groups excluding carboxylic acids is 1. The maximum absolute atomic E-state index is 12.0. The van der Waals surface area contributed by atoms with Crippen molar-refractivity contribution in [1.82, 2.24) is 10.5 Å². The monoisotopic (exact) mass is 264 g/mol. The summed E-state index contributed by atoms with van der Waals surface area (Å²) in [5, 5.41) is 6.93. The van der Waals surface area contributed by atoms with E-state index >= 15 is 0 Å². The molecule has 0 unspecified atom stereocenters. The number of ether oxygens (including phenoxy) is 1. The Morgan fingerprint density at radius 2 is 2.42 bits per heavy atom. The fourth-order valence-corrected chi connectivity index (χ4v) is 3.42. The Kier molecular flexibility index (Phi) is 3.31. The highest BCUT2D eigenvalue weighted by Gasteiger charge is 2.53. The molecule has 1 aliphatic heterocycles. The van der Waals surface area contributed by atoms with E-state index in [9.17, 15) is 4.79 Å². The molecule has 1 aliphatic carbocycles. The summed E-state index contributed by atoms with van der Waals surface area (Å²) in [5.41, 5.74) is 0.808. The van der Waals surface area contributed by atoms with Crippen LogP contribution < -0.4 is 5.32 Å². The SMILES string of the molecule is CC[C@H]1[C@H](NC(=O)Cc2cc(C)no2)[C@H]2CCO[C@H]21. The van der Waals surface area contributed by atoms with Gasteiger partial charge in [-0.25, -0.2) is 0 Å². The Morgan fingerprint density at radius 1 is 1.58 bits per heavy atom. The van der Waals surface area contributed by atoms with Crippen LogP contribution in [0.25, 0.3) is 0 Å². The first-order valence-electron chi connectivity index (χ1n) is 7.02. The van der Waals surface area contributed by atoms with Gasteiger partial charge in [0.1, 0.15) is 5.76 Å². The van der Waals surface area contributed by atoms with E-state index in [2.05, 4.69) is 17.4 Å². The first kappa shape index (κ1) is 12.7. The van der Waals surface area contributed by atoms with Gasteiger partial charge >= 0.3 is 0 Å². The van der Waals surface area contributed by atoms with Crippen LogP contribution in [0, 0.1) is 18.8 Å². The molecule has 2 fully saturated rings. The smallest absolute Gasteiger partial charge is 0.227 e. The second-order valence-electron chi connectivity index (χ2n) is 5.56. The van der Waals surface area contributed by atoms with E-state index in [0.29, 0.717) is 23.7 Å². The third kappa shape index (κ3) is 2.27. The van der Waals surface area contributed by atoms with E-state index < -0.39 is 0 Å². The quantitative estimate of drug-likeness (QED) is 0.894. The summed E-state index contributed by atoms with van der Waals surface area (Å²) in [6.45, 7) is 4.84. The molecule has 1 aromatic heterocycles. The Labute approximate surface area is 112 Å². The van der Waals surface area contributed by atoms with Crippen LogP contribution >= 0.6 is 0 Å². The van der Waals surface area contributed by atoms with E-state index in [1.54, 1.807) is 6.07 Å². The molecule has 1 N–H and O–H groups in total. The van der Waals surface area contributed by atoms with Crippen molar-refractivity contribution in [1.29, 1.82) is 0 Å². The predicted octanol–water partition coefficient (Wildman–Crippen LogP) is 1.46. The van der Waals surface area contributed by atoms with Gasteiger partial charge in [0.2, 0.25) is 5.91 Å². The number of fused-ring (bicyclic) bond motifs is 1. The van der Waals surface area contributed by atoms with Crippen LogP contribution in [0.2, 0.25) is 0 Å². The predicted molar refractivity (Wildman–Crippen MR) is 68.5 cm³/mol. The molecular weight excluding hydrogens is 244 g/mol. The van der Waals surface area contributed by atoms with Gasteiger partial charge in [0, 0.05) is 30.6 Å². The topological polar surface area (TPSA) is 64.4 Å². The molecule has 1 saturated heterocycles. The molecule has 0 bridgehead atoms. The van der Waals surface area contributed by atoms with E-state index in [-0.39, 0.29) is 18.4 Å². The van der Waals surface area contributed by atoms with Crippen molar-refractivity contribution < 1.29 is 14.1 Å². The molecule has 2 heterocycles. The average molecular weight is 264 g/mol. The van der Waals surface area contributed by atoms with Crippen molar-refractivity contribution in [2.45, 2.75) is 45.3 Å². The van der Waals surface area contributed by atoms with Gasteiger partial charge in [0.25, 0.3) is 0 Å². The van der Waals surface area contributed by atoms with Crippen LogP contribution in [0.5, 0.6) is 0 Å². The zero-order chi connectivity index (χ0) is 13.4. The molecule has 5 heteroatoms. The van der Waals surface area contributed by atoms with E-state index in [1.165, 1.54) is 0 Å². The van der Waals surface area contributed by atoms with Gasteiger partial charge in [-0.3, -0.25) is 4.79 Å². The van der Waals surface area contributed by atoms with E-state index in [1.807, 2.05) is 6.92 Å². The molecule has 1 saturated carbocycles. The third-order valence-electron chi connectivity index (χ3n) is 4.34. The maximum atomic E-state index is 12.0. The summed E-state index contributed by atoms with van der Waals surface area (Å²) in [4.78, 5) is 12.0. The fourth-order valence-electron chi connectivity index (χ4n) is 3.42. The lowest BCUT2D eigenvalue weighted by molar-refractivity contribution is -0.127. The molecule has 0 radical (unpaired) electrons. The number of amides is 1. The molecule has 0 aromatic carbocycles. The summed E-state index contributed by atoms with van der Waals surface area (Å²) >= 11 is 0. The fraction of sp³-hybridized carbons (Fsp3) is 0.714. The number of rotatable bonds is 4. The largest absolute Gasteiger partial charge is 0.377 e. The zero-order valence-electron chi connectivity index (χ0n) is 11.4. The highest BCUT2D eigenvalue weighted by Crippen LogP contribution is 2.45. The van der Waals surface area contributed by atoms with Gasteiger partial charge in [-0.2, -0.15) is 0 Å². The van der Waals surface area contributed by atoms with Crippen molar-refractivity contribution in [3.05, 3.63) is 17.5 Å². The van der Waals surface area contributed by atoms with Gasteiger partial charge in [0.15, 0.2) is 0 Å². The first-order valence-corrected chi connectivity index (χ1v) is 7.02. The molecule has 0 spiro atoms. The minimum absolute atomic E-state index is 0.0185. The second-order valence-corrected chi connectivity index (χ2v) is 5.56. The average Bonchev–Trinajstić information content (AvgIpc) is 2.95.